The summed E-state index contributed by atoms with van der Waals surface area (Å²) in [6.45, 7) is 8.91. The number of fused-ring (bicyclic) bond motifs is 1. The number of rotatable bonds is 5. The van der Waals surface area contributed by atoms with Crippen molar-refractivity contribution in [2.24, 2.45) is 0 Å². The highest BCUT2D eigenvalue weighted by molar-refractivity contribution is 7.90. The molecule has 4 rings (SSSR count). The highest BCUT2D eigenvalue weighted by Gasteiger charge is 2.48. The molecule has 2 heterocycles. The van der Waals surface area contributed by atoms with Gasteiger partial charge in [-0.15, -0.1) is 0 Å². The van der Waals surface area contributed by atoms with Gasteiger partial charge < -0.3 is 5.73 Å². The molecular formula is C24H27N5O3S. The number of nitrogens with zero attached hydrogens (tertiary/aromatic N) is 3. The molecule has 1 amide bonds. The minimum absolute atomic E-state index is 0.266. The van der Waals surface area contributed by atoms with Crippen molar-refractivity contribution in [2.45, 2.75) is 51.3 Å². The number of anilines is 1. The summed E-state index contributed by atoms with van der Waals surface area (Å²) in [5, 5.41) is -0.468. The lowest BCUT2D eigenvalue weighted by Crippen LogP contribution is -2.52. The van der Waals surface area contributed by atoms with Gasteiger partial charge in [-0.1, -0.05) is 42.0 Å². The van der Waals surface area contributed by atoms with Crippen LogP contribution in [0.2, 0.25) is 0 Å². The Morgan fingerprint density at radius 1 is 1.12 bits per heavy atom. The number of nitrogen functional groups attached to an aromatic ring is 1. The molecule has 1 aromatic heterocycles. The predicted octanol–water partition coefficient (Wildman–Crippen LogP) is 2.72. The van der Waals surface area contributed by atoms with E-state index in [0.29, 0.717) is 13.1 Å². The molecule has 1 unspecified atom stereocenters. The molecule has 0 radical (unpaired) electrons. The normalized spacial score (nSPS) is 18.2. The summed E-state index contributed by atoms with van der Waals surface area (Å²) in [6, 6.07) is 11.8. The number of hydrogen-bond donors (Lipinski definition) is 2. The van der Waals surface area contributed by atoms with Crippen LogP contribution < -0.4 is 10.5 Å². The maximum atomic E-state index is 13.6. The van der Waals surface area contributed by atoms with Crippen LogP contribution in [0, 0.1) is 20.8 Å². The Morgan fingerprint density at radius 2 is 1.76 bits per heavy atom. The molecule has 8 nitrogen and oxygen atoms in total. The summed E-state index contributed by atoms with van der Waals surface area (Å²) in [5.74, 6) is -0.933. The van der Waals surface area contributed by atoms with Gasteiger partial charge in [-0.25, -0.2) is 14.7 Å². The van der Waals surface area contributed by atoms with E-state index >= 15 is 0 Å². The molecular weight excluding hydrogens is 438 g/mol. The van der Waals surface area contributed by atoms with Crippen LogP contribution in [0.5, 0.6) is 0 Å². The third-order valence-corrected chi connectivity index (χ3v) is 7.62. The number of carbonyl (C=O) groups is 1. The van der Waals surface area contributed by atoms with Crippen LogP contribution >= 0.6 is 0 Å². The van der Waals surface area contributed by atoms with Crippen LogP contribution in [-0.4, -0.2) is 29.2 Å². The van der Waals surface area contributed by atoms with Crippen molar-refractivity contribution >= 4 is 21.7 Å². The number of amides is 1. The summed E-state index contributed by atoms with van der Waals surface area (Å²) in [5.41, 5.74) is 10.8. The van der Waals surface area contributed by atoms with Gasteiger partial charge in [-0.2, -0.15) is 8.42 Å². The number of nitrogens with two attached hydrogens (primary N) is 1. The van der Waals surface area contributed by atoms with Crippen LogP contribution in [0.25, 0.3) is 0 Å². The Morgan fingerprint density at radius 3 is 2.42 bits per heavy atom. The fraction of sp³-hybridized carbons (Fsp3) is 0.292. The van der Waals surface area contributed by atoms with Crippen molar-refractivity contribution in [3.8, 4) is 0 Å². The fourth-order valence-corrected chi connectivity index (χ4v) is 5.68. The summed E-state index contributed by atoms with van der Waals surface area (Å²) in [6.07, 6.45) is 2.51. The average Bonchev–Trinajstić information content (AvgIpc) is 3.03. The molecule has 3 N–H and O–H groups in total. The first-order valence-corrected chi connectivity index (χ1v) is 12.1. The second-order valence-electron chi connectivity index (χ2n) is 8.64. The Kier molecular flexibility index (Phi) is 5.71. The fourth-order valence-electron chi connectivity index (χ4n) is 4.61. The van der Waals surface area contributed by atoms with Gasteiger partial charge in [0.1, 0.15) is 5.54 Å². The van der Waals surface area contributed by atoms with E-state index in [1.165, 1.54) is 18.0 Å². The lowest BCUT2D eigenvalue weighted by atomic mass is 9.90. The monoisotopic (exact) mass is 465 g/mol. The zero-order valence-corrected chi connectivity index (χ0v) is 19.9. The largest absolute Gasteiger partial charge is 0.381 e. The highest BCUT2D eigenvalue weighted by Crippen LogP contribution is 2.41. The quantitative estimate of drug-likeness (QED) is 0.595. The Hall–Kier alpha value is -3.30. The molecule has 172 valence electrons. The Balaban J connectivity index is 1.74. The zero-order valence-electron chi connectivity index (χ0n) is 19.1. The summed E-state index contributed by atoms with van der Waals surface area (Å²) < 4.78 is 28.1. The van der Waals surface area contributed by atoms with E-state index in [0.717, 1.165) is 27.8 Å². The molecule has 0 saturated carbocycles. The van der Waals surface area contributed by atoms with Gasteiger partial charge in [0, 0.05) is 25.5 Å². The third-order valence-electron chi connectivity index (χ3n) is 6.34. The van der Waals surface area contributed by atoms with Crippen molar-refractivity contribution in [1.29, 1.82) is 0 Å². The van der Waals surface area contributed by atoms with Crippen molar-refractivity contribution < 1.29 is 13.2 Å². The number of hydrogen-bond acceptors (Lipinski definition) is 7. The first-order valence-electron chi connectivity index (χ1n) is 10.6. The molecule has 2 aromatic carbocycles. The zero-order chi connectivity index (χ0) is 24.0. The van der Waals surface area contributed by atoms with Crippen LogP contribution in [0.3, 0.4) is 0 Å². The van der Waals surface area contributed by atoms with Gasteiger partial charge in [0.15, 0.2) is 5.82 Å². The SMILES string of the molecule is Cc1cc(C)c(CN2Cc3ccccc3C2(C)C(=O)NS(=O)(=O)c2nccnc2N)c(C)c1. The molecule has 0 fully saturated rings. The molecule has 0 bridgehead atoms. The molecule has 0 aliphatic carbocycles. The first-order chi connectivity index (χ1) is 15.5. The maximum absolute atomic E-state index is 13.6. The van der Waals surface area contributed by atoms with E-state index < -0.39 is 26.5 Å². The van der Waals surface area contributed by atoms with Crippen molar-refractivity contribution in [3.63, 3.8) is 0 Å². The van der Waals surface area contributed by atoms with E-state index in [2.05, 4.69) is 47.6 Å². The molecule has 1 atom stereocenters. The Bertz CT molecular complexity index is 1330. The average molecular weight is 466 g/mol. The van der Waals surface area contributed by atoms with Crippen LogP contribution in [0.15, 0.2) is 53.8 Å². The standard InChI is InChI=1S/C24H27N5O3S/c1-15-11-16(2)19(17(3)12-15)14-29-13-18-7-5-6-8-20(18)24(29,4)23(30)28-33(31,32)22-21(25)26-9-10-27-22/h5-12H,13-14H2,1-4H3,(H2,25,26)(H,28,30). The van der Waals surface area contributed by atoms with Gasteiger partial charge in [0.25, 0.3) is 15.9 Å². The van der Waals surface area contributed by atoms with Crippen LogP contribution in [0.1, 0.15) is 40.3 Å². The maximum Gasteiger partial charge on any atom is 0.285 e. The van der Waals surface area contributed by atoms with Gasteiger partial charge in [0.2, 0.25) is 5.03 Å². The smallest absolute Gasteiger partial charge is 0.285 e. The van der Waals surface area contributed by atoms with Crippen molar-refractivity contribution in [1.82, 2.24) is 19.6 Å². The van der Waals surface area contributed by atoms with Gasteiger partial charge in [-0.3, -0.25) is 9.69 Å². The van der Waals surface area contributed by atoms with Crippen LogP contribution in [-0.2, 0) is 33.4 Å². The molecule has 1 aliphatic heterocycles. The second-order valence-corrected chi connectivity index (χ2v) is 10.2. The predicted molar refractivity (Wildman–Crippen MR) is 125 cm³/mol. The summed E-state index contributed by atoms with van der Waals surface area (Å²) in [4.78, 5) is 23.2. The molecule has 1 aliphatic rings. The lowest BCUT2D eigenvalue weighted by molar-refractivity contribution is -0.131. The third kappa shape index (κ3) is 3.98. The number of aromatic nitrogens is 2. The summed E-state index contributed by atoms with van der Waals surface area (Å²) >= 11 is 0. The number of aryl methyl sites for hydroxylation is 3. The lowest BCUT2D eigenvalue weighted by Gasteiger charge is -2.35. The number of nitrogens with one attached hydrogen (secondary N) is 1. The van der Waals surface area contributed by atoms with E-state index in [1.807, 2.05) is 29.2 Å². The van der Waals surface area contributed by atoms with E-state index in [-0.39, 0.29) is 5.82 Å². The summed E-state index contributed by atoms with van der Waals surface area (Å²) in [7, 11) is -4.31. The number of benzene rings is 2. The molecule has 9 heteroatoms. The van der Waals surface area contributed by atoms with E-state index in [1.54, 1.807) is 6.92 Å². The van der Waals surface area contributed by atoms with Crippen molar-refractivity contribution in [3.05, 3.63) is 82.2 Å². The number of sulfonamides is 1. The Labute approximate surface area is 193 Å². The first kappa shape index (κ1) is 22.9. The number of carbonyl (C=O) groups excluding carboxylic acids is 1. The van der Waals surface area contributed by atoms with E-state index in [9.17, 15) is 13.2 Å². The molecule has 33 heavy (non-hydrogen) atoms. The molecule has 0 saturated heterocycles. The minimum Gasteiger partial charge on any atom is -0.381 e. The van der Waals surface area contributed by atoms with E-state index in [4.69, 9.17) is 5.73 Å². The van der Waals surface area contributed by atoms with Gasteiger partial charge in [0.05, 0.1) is 0 Å². The second kappa shape index (κ2) is 8.24. The van der Waals surface area contributed by atoms with Gasteiger partial charge >= 0.3 is 0 Å². The molecule has 0 spiro atoms. The van der Waals surface area contributed by atoms with Crippen molar-refractivity contribution in [2.75, 3.05) is 5.73 Å². The molecule has 3 aromatic rings. The topological polar surface area (TPSA) is 118 Å². The van der Waals surface area contributed by atoms with Crippen LogP contribution in [0.4, 0.5) is 5.82 Å². The highest BCUT2D eigenvalue weighted by atomic mass is 32.2. The van der Waals surface area contributed by atoms with Gasteiger partial charge in [-0.05, 0) is 55.5 Å². The minimum atomic E-state index is -4.31.